The van der Waals surface area contributed by atoms with E-state index in [0.717, 1.165) is 6.08 Å². The molecule has 0 spiro atoms. The average molecular weight is 467 g/mol. The second-order valence-corrected chi connectivity index (χ2v) is 7.26. The van der Waals surface area contributed by atoms with Crippen molar-refractivity contribution in [1.82, 2.24) is 14.9 Å². The smallest absolute Gasteiger partial charge is 0.361 e. The number of aromatic nitrogens is 2. The van der Waals surface area contributed by atoms with E-state index in [1.807, 2.05) is 0 Å². The molecule has 0 aromatic carbocycles. The lowest BCUT2D eigenvalue weighted by atomic mass is 9.88. The van der Waals surface area contributed by atoms with Crippen LogP contribution in [0.15, 0.2) is 16.6 Å². The van der Waals surface area contributed by atoms with Gasteiger partial charge in [-0.25, -0.2) is 19.4 Å². The largest absolute Gasteiger partial charge is 0.501 e. The van der Waals surface area contributed by atoms with Crippen LogP contribution >= 0.6 is 0 Å². The zero-order chi connectivity index (χ0) is 24.5. The first kappa shape index (κ1) is 25.8. The first-order valence-corrected chi connectivity index (χ1v) is 10.7. The van der Waals surface area contributed by atoms with Gasteiger partial charge in [-0.15, -0.1) is 0 Å². The molecule has 33 heavy (non-hydrogen) atoms. The summed E-state index contributed by atoms with van der Waals surface area (Å²) in [6, 6.07) is 0. The number of carbonyl (C=O) groups excluding carboxylic acids is 3. The molecule has 2 rings (SSSR count). The van der Waals surface area contributed by atoms with Crippen molar-refractivity contribution in [2.24, 2.45) is 5.92 Å². The van der Waals surface area contributed by atoms with Crippen LogP contribution < -0.4 is 5.56 Å². The molecule has 12 heteroatoms. The Labute approximate surface area is 190 Å². The van der Waals surface area contributed by atoms with E-state index in [-0.39, 0.29) is 57.0 Å². The van der Waals surface area contributed by atoms with E-state index in [1.165, 1.54) is 0 Å². The first-order chi connectivity index (χ1) is 15.7. The highest BCUT2D eigenvalue weighted by Crippen LogP contribution is 2.31. The van der Waals surface area contributed by atoms with Crippen LogP contribution in [0, 0.1) is 5.92 Å². The molecular formula is C21H29N3O9. The molecule has 1 unspecified atom stereocenters. The molecule has 1 saturated heterocycles. The van der Waals surface area contributed by atoms with E-state index in [0.29, 0.717) is 6.42 Å². The Morgan fingerprint density at radius 3 is 2.39 bits per heavy atom. The number of H-pyrrole nitrogens is 1. The van der Waals surface area contributed by atoms with E-state index in [9.17, 15) is 29.4 Å². The fourth-order valence-corrected chi connectivity index (χ4v) is 3.53. The van der Waals surface area contributed by atoms with Gasteiger partial charge in [0.2, 0.25) is 5.75 Å². The molecule has 3 N–H and O–H groups in total. The Kier molecular flexibility index (Phi) is 9.40. The molecular weight excluding hydrogens is 438 g/mol. The zero-order valence-corrected chi connectivity index (χ0v) is 18.8. The second kappa shape index (κ2) is 12.0. The van der Waals surface area contributed by atoms with E-state index in [1.54, 1.807) is 25.7 Å². The summed E-state index contributed by atoms with van der Waals surface area (Å²) < 4.78 is 14.8. The first-order valence-electron chi connectivity index (χ1n) is 10.7. The molecule has 182 valence electrons. The Morgan fingerprint density at radius 2 is 1.79 bits per heavy atom. The van der Waals surface area contributed by atoms with Gasteiger partial charge in [-0.1, -0.05) is 0 Å². The Bertz CT molecular complexity index is 957. The number of nitrogens with zero attached hydrogens (tertiary/aromatic N) is 2. The van der Waals surface area contributed by atoms with Crippen molar-refractivity contribution in [2.45, 2.75) is 33.1 Å². The minimum Gasteiger partial charge on any atom is -0.501 e. The summed E-state index contributed by atoms with van der Waals surface area (Å²) in [4.78, 5) is 57.0. The Balaban J connectivity index is 2.46. The minimum absolute atomic E-state index is 0.0213. The summed E-state index contributed by atoms with van der Waals surface area (Å²) in [5.41, 5.74) is -1.51. The van der Waals surface area contributed by atoms with E-state index in [4.69, 9.17) is 14.2 Å². The van der Waals surface area contributed by atoms with Gasteiger partial charge in [-0.2, -0.15) is 0 Å². The lowest BCUT2D eigenvalue weighted by Crippen LogP contribution is -2.43. The molecule has 1 aromatic heterocycles. The van der Waals surface area contributed by atoms with E-state index in [2.05, 4.69) is 9.97 Å². The molecule has 1 aliphatic heterocycles. The molecule has 1 aromatic rings. The van der Waals surface area contributed by atoms with Gasteiger partial charge in [0.1, 0.15) is 11.5 Å². The van der Waals surface area contributed by atoms with Gasteiger partial charge in [0.15, 0.2) is 5.69 Å². The molecule has 2 atom stereocenters. The molecule has 1 aliphatic rings. The van der Waals surface area contributed by atoms with Crippen molar-refractivity contribution in [3.8, 4) is 5.75 Å². The zero-order valence-electron chi connectivity index (χ0n) is 18.8. The highest BCUT2D eigenvalue weighted by atomic mass is 16.5. The number of piperidine rings is 1. The number of esters is 3. The van der Waals surface area contributed by atoms with Gasteiger partial charge in [-0.05, 0) is 27.2 Å². The third-order valence-electron chi connectivity index (χ3n) is 4.93. The predicted octanol–water partition coefficient (Wildman–Crippen LogP) is 0.0601. The number of aliphatic hydroxyl groups is 1. The third kappa shape index (κ3) is 6.54. The average Bonchev–Trinajstić information content (AvgIpc) is 2.79. The summed E-state index contributed by atoms with van der Waals surface area (Å²) in [7, 11) is 0. The van der Waals surface area contributed by atoms with Crippen LogP contribution in [0.2, 0.25) is 0 Å². The predicted molar refractivity (Wildman–Crippen MR) is 113 cm³/mol. The van der Waals surface area contributed by atoms with E-state index < -0.39 is 40.8 Å². The van der Waals surface area contributed by atoms with Crippen molar-refractivity contribution >= 4 is 17.9 Å². The third-order valence-corrected chi connectivity index (χ3v) is 4.93. The maximum absolute atomic E-state index is 12.6. The van der Waals surface area contributed by atoms with Gasteiger partial charge < -0.3 is 34.3 Å². The summed E-state index contributed by atoms with van der Waals surface area (Å²) in [6.45, 7) is 5.13. The van der Waals surface area contributed by atoms with Crippen LogP contribution in [0.5, 0.6) is 5.75 Å². The standard InChI is InChI=1S/C21H29N3O9/c1-4-31-15(26)8-14(20(29)32-5-2)24-9-12(11-25)7-13(10-24)18-22-16(21(30)33-6-3)17(27)19(28)23-18/h8,12-13,25,27H,4-7,9-11H2,1-3H3,(H,22,23,28)/b14-8+/t12-,13?/m1/s1. The Hall–Kier alpha value is -3.41. The quantitative estimate of drug-likeness (QED) is 0.255. The van der Waals surface area contributed by atoms with Gasteiger partial charge in [0.25, 0.3) is 5.56 Å². The number of ether oxygens (including phenoxy) is 3. The molecule has 0 amide bonds. The number of carbonyl (C=O) groups is 3. The van der Waals surface area contributed by atoms with Crippen molar-refractivity contribution in [1.29, 1.82) is 0 Å². The minimum atomic E-state index is -0.955. The Morgan fingerprint density at radius 1 is 1.12 bits per heavy atom. The summed E-state index contributed by atoms with van der Waals surface area (Å²) in [5.74, 6) is -4.14. The lowest BCUT2D eigenvalue weighted by molar-refractivity contribution is -0.142. The number of nitrogens with one attached hydrogen (secondary N) is 1. The van der Waals surface area contributed by atoms with Crippen molar-refractivity contribution in [2.75, 3.05) is 39.5 Å². The second-order valence-electron chi connectivity index (χ2n) is 7.26. The summed E-state index contributed by atoms with van der Waals surface area (Å²) in [5, 5.41) is 19.8. The number of aromatic amines is 1. The van der Waals surface area contributed by atoms with E-state index >= 15 is 0 Å². The number of aromatic hydroxyl groups is 1. The van der Waals surface area contributed by atoms with Crippen molar-refractivity contribution < 1.29 is 38.8 Å². The molecule has 0 bridgehead atoms. The van der Waals surface area contributed by atoms with Crippen LogP contribution in [0.3, 0.4) is 0 Å². The maximum atomic E-state index is 12.6. The van der Waals surface area contributed by atoms with Crippen LogP contribution in [0.4, 0.5) is 0 Å². The number of hydrogen-bond acceptors (Lipinski definition) is 11. The maximum Gasteiger partial charge on any atom is 0.361 e. The normalized spacial score (nSPS) is 18.5. The van der Waals surface area contributed by atoms with Crippen LogP contribution in [0.1, 0.15) is 49.4 Å². The molecule has 1 fully saturated rings. The number of hydrogen-bond donors (Lipinski definition) is 3. The molecule has 0 aliphatic carbocycles. The van der Waals surface area contributed by atoms with Gasteiger partial charge in [0, 0.05) is 31.5 Å². The summed E-state index contributed by atoms with van der Waals surface area (Å²) in [6.07, 6.45) is 1.38. The molecule has 2 heterocycles. The number of aliphatic hydroxyl groups excluding tert-OH is 1. The molecule has 0 saturated carbocycles. The fraction of sp³-hybridized carbons (Fsp3) is 0.571. The lowest BCUT2D eigenvalue weighted by Gasteiger charge is -2.38. The van der Waals surface area contributed by atoms with Gasteiger partial charge in [0.05, 0.1) is 25.9 Å². The molecule has 0 radical (unpaired) electrons. The van der Waals surface area contributed by atoms with Crippen molar-refractivity contribution in [3.05, 3.63) is 33.6 Å². The highest BCUT2D eigenvalue weighted by molar-refractivity contribution is 5.96. The monoisotopic (exact) mass is 467 g/mol. The van der Waals surface area contributed by atoms with Crippen LogP contribution in [-0.2, 0) is 23.8 Å². The number of likely N-dealkylation sites (tertiary alicyclic amines) is 1. The van der Waals surface area contributed by atoms with Crippen molar-refractivity contribution in [3.63, 3.8) is 0 Å². The SMILES string of the molecule is CCOC(=O)/C=C(\C(=O)OCC)N1CC(c2nc(C(=O)OCC)c(O)c(=O)[nH]2)C[C@@H](CO)C1. The van der Waals surface area contributed by atoms with Crippen LogP contribution in [0.25, 0.3) is 0 Å². The van der Waals surface area contributed by atoms with Gasteiger partial charge >= 0.3 is 17.9 Å². The van der Waals surface area contributed by atoms with Gasteiger partial charge in [-0.3, -0.25) is 4.79 Å². The fourth-order valence-electron chi connectivity index (χ4n) is 3.53. The topological polar surface area (TPSA) is 168 Å². The highest BCUT2D eigenvalue weighted by Gasteiger charge is 2.34. The van der Waals surface area contributed by atoms with Crippen LogP contribution in [-0.4, -0.2) is 82.5 Å². The summed E-state index contributed by atoms with van der Waals surface area (Å²) >= 11 is 0. The molecule has 12 nitrogen and oxygen atoms in total. The number of rotatable bonds is 9.